The predicted molar refractivity (Wildman–Crippen MR) is 73.6 cm³/mol. The van der Waals surface area contributed by atoms with Gasteiger partial charge in [-0.05, 0) is 42.3 Å². The Balaban J connectivity index is 2.16. The van der Waals surface area contributed by atoms with Gasteiger partial charge in [-0.1, -0.05) is 30.7 Å². The topological polar surface area (TPSA) is 37.8 Å². The Labute approximate surface area is 112 Å². The lowest BCUT2D eigenvalue weighted by Gasteiger charge is -2.17. The molecule has 0 spiro atoms. The van der Waals surface area contributed by atoms with Crippen LogP contribution in [0.2, 0.25) is 5.02 Å². The molecule has 1 N–H and O–H groups in total. The minimum Gasteiger partial charge on any atom is -0.310 e. The molecule has 4 heteroatoms. The molecule has 94 valence electrons. The second-order valence-corrected chi connectivity index (χ2v) is 4.56. The first-order valence-corrected chi connectivity index (χ1v) is 6.42. The summed E-state index contributed by atoms with van der Waals surface area (Å²) in [6.07, 6.45) is 4.41. The van der Waals surface area contributed by atoms with Crippen LogP contribution in [0.1, 0.15) is 24.1 Å². The highest BCUT2D eigenvalue weighted by atomic mass is 35.5. The second kappa shape index (κ2) is 6.47. The molecule has 0 radical (unpaired) electrons. The number of aromatic nitrogens is 2. The van der Waals surface area contributed by atoms with Gasteiger partial charge in [0.1, 0.15) is 0 Å². The Morgan fingerprint density at radius 2 is 2.17 bits per heavy atom. The maximum absolute atomic E-state index is 6.01. The Morgan fingerprint density at radius 3 is 2.83 bits per heavy atom. The molecular weight excluding hydrogens is 246 g/mol. The van der Waals surface area contributed by atoms with Gasteiger partial charge in [0.25, 0.3) is 0 Å². The SMILES string of the molecule is CCNC(Cc1cccc(Cl)c1)c1ccnnc1. The standard InChI is InChI=1S/C14H16ClN3/c1-2-16-14(12-6-7-17-18-10-12)9-11-4-3-5-13(15)8-11/h3-8,10,14,16H,2,9H2,1H3. The average molecular weight is 262 g/mol. The molecule has 0 amide bonds. The molecule has 0 aliphatic rings. The Hall–Kier alpha value is -1.45. The highest BCUT2D eigenvalue weighted by Crippen LogP contribution is 2.19. The summed E-state index contributed by atoms with van der Waals surface area (Å²) in [5, 5.41) is 12.0. The molecule has 0 saturated carbocycles. The maximum Gasteiger partial charge on any atom is 0.0544 e. The highest BCUT2D eigenvalue weighted by molar-refractivity contribution is 6.30. The quantitative estimate of drug-likeness (QED) is 0.899. The number of nitrogens with zero attached hydrogens (tertiary/aromatic N) is 2. The van der Waals surface area contributed by atoms with Crippen LogP contribution in [0.4, 0.5) is 0 Å². The summed E-state index contributed by atoms with van der Waals surface area (Å²) in [7, 11) is 0. The van der Waals surface area contributed by atoms with E-state index in [2.05, 4.69) is 28.5 Å². The van der Waals surface area contributed by atoms with Gasteiger partial charge in [-0.15, -0.1) is 0 Å². The zero-order chi connectivity index (χ0) is 12.8. The second-order valence-electron chi connectivity index (χ2n) is 4.12. The third kappa shape index (κ3) is 3.52. The molecule has 0 saturated heterocycles. The van der Waals surface area contributed by atoms with Crippen LogP contribution < -0.4 is 5.32 Å². The number of hydrogen-bond donors (Lipinski definition) is 1. The van der Waals surface area contributed by atoms with E-state index in [1.165, 1.54) is 5.56 Å². The first kappa shape index (κ1) is 13.0. The fraction of sp³-hybridized carbons (Fsp3) is 0.286. The van der Waals surface area contributed by atoms with Gasteiger partial charge in [-0.25, -0.2) is 0 Å². The number of rotatable bonds is 5. The van der Waals surface area contributed by atoms with Crippen molar-refractivity contribution in [1.82, 2.24) is 15.5 Å². The van der Waals surface area contributed by atoms with Crippen LogP contribution in [0, 0.1) is 0 Å². The number of benzene rings is 1. The summed E-state index contributed by atoms with van der Waals surface area (Å²) in [6.45, 7) is 3.01. The Bertz CT molecular complexity index is 487. The van der Waals surface area contributed by atoms with Crippen molar-refractivity contribution in [2.75, 3.05) is 6.54 Å². The molecule has 18 heavy (non-hydrogen) atoms. The predicted octanol–water partition coefficient (Wildman–Crippen LogP) is 3.02. The van der Waals surface area contributed by atoms with Crippen LogP contribution in [0.5, 0.6) is 0 Å². The molecule has 1 aromatic carbocycles. The molecule has 2 aromatic rings. The Morgan fingerprint density at radius 1 is 1.28 bits per heavy atom. The van der Waals surface area contributed by atoms with Crippen LogP contribution in [0.25, 0.3) is 0 Å². The van der Waals surface area contributed by atoms with Crippen LogP contribution >= 0.6 is 11.6 Å². The lowest BCUT2D eigenvalue weighted by molar-refractivity contribution is 0.547. The zero-order valence-corrected chi connectivity index (χ0v) is 11.1. The van der Waals surface area contributed by atoms with Gasteiger partial charge >= 0.3 is 0 Å². The van der Waals surface area contributed by atoms with Gasteiger partial charge in [0, 0.05) is 17.3 Å². The smallest absolute Gasteiger partial charge is 0.0544 e. The van der Waals surface area contributed by atoms with E-state index in [-0.39, 0.29) is 6.04 Å². The minimum absolute atomic E-state index is 0.240. The molecule has 1 atom stereocenters. The fourth-order valence-electron chi connectivity index (χ4n) is 1.96. The average Bonchev–Trinajstić information content (AvgIpc) is 2.39. The van der Waals surface area contributed by atoms with Crippen molar-refractivity contribution < 1.29 is 0 Å². The van der Waals surface area contributed by atoms with Crippen molar-refractivity contribution in [3.05, 3.63) is 58.9 Å². The molecule has 1 unspecified atom stereocenters. The third-order valence-electron chi connectivity index (χ3n) is 2.79. The van der Waals surface area contributed by atoms with Crippen molar-refractivity contribution in [2.45, 2.75) is 19.4 Å². The summed E-state index contributed by atoms with van der Waals surface area (Å²) in [5.74, 6) is 0. The van der Waals surface area contributed by atoms with Gasteiger partial charge < -0.3 is 5.32 Å². The number of likely N-dealkylation sites (N-methyl/N-ethyl adjacent to an activating group) is 1. The summed E-state index contributed by atoms with van der Waals surface area (Å²) in [6, 6.07) is 10.2. The normalized spacial score (nSPS) is 12.3. The van der Waals surface area contributed by atoms with Gasteiger partial charge in [0.05, 0.1) is 6.20 Å². The van der Waals surface area contributed by atoms with E-state index in [0.29, 0.717) is 0 Å². The zero-order valence-electron chi connectivity index (χ0n) is 10.3. The molecule has 0 aliphatic carbocycles. The Kier molecular flexibility index (Phi) is 4.67. The highest BCUT2D eigenvalue weighted by Gasteiger charge is 2.11. The van der Waals surface area contributed by atoms with Crippen LogP contribution in [-0.2, 0) is 6.42 Å². The van der Waals surface area contributed by atoms with Crippen molar-refractivity contribution >= 4 is 11.6 Å². The molecule has 0 bridgehead atoms. The minimum atomic E-state index is 0.240. The summed E-state index contributed by atoms with van der Waals surface area (Å²) >= 11 is 6.01. The van der Waals surface area contributed by atoms with Gasteiger partial charge in [0.2, 0.25) is 0 Å². The lowest BCUT2D eigenvalue weighted by Crippen LogP contribution is -2.23. The van der Waals surface area contributed by atoms with Gasteiger partial charge in [-0.3, -0.25) is 0 Å². The molecular formula is C14H16ClN3. The van der Waals surface area contributed by atoms with Crippen molar-refractivity contribution in [3.8, 4) is 0 Å². The van der Waals surface area contributed by atoms with Crippen molar-refractivity contribution in [2.24, 2.45) is 0 Å². The summed E-state index contributed by atoms with van der Waals surface area (Å²) in [4.78, 5) is 0. The first-order chi connectivity index (χ1) is 8.79. The maximum atomic E-state index is 6.01. The third-order valence-corrected chi connectivity index (χ3v) is 3.02. The molecule has 3 nitrogen and oxygen atoms in total. The van der Waals surface area contributed by atoms with Crippen LogP contribution in [0.15, 0.2) is 42.7 Å². The van der Waals surface area contributed by atoms with Crippen molar-refractivity contribution in [1.29, 1.82) is 0 Å². The van der Waals surface area contributed by atoms with Crippen LogP contribution in [0.3, 0.4) is 0 Å². The number of halogens is 1. The monoisotopic (exact) mass is 261 g/mol. The van der Waals surface area contributed by atoms with E-state index in [1.54, 1.807) is 12.4 Å². The van der Waals surface area contributed by atoms with E-state index >= 15 is 0 Å². The molecule has 0 fully saturated rings. The largest absolute Gasteiger partial charge is 0.310 e. The van der Waals surface area contributed by atoms with Crippen LogP contribution in [-0.4, -0.2) is 16.7 Å². The van der Waals surface area contributed by atoms with E-state index in [4.69, 9.17) is 11.6 Å². The van der Waals surface area contributed by atoms with Gasteiger partial charge in [-0.2, -0.15) is 10.2 Å². The summed E-state index contributed by atoms with van der Waals surface area (Å²) in [5.41, 5.74) is 2.36. The van der Waals surface area contributed by atoms with E-state index in [0.717, 1.165) is 23.6 Å². The lowest BCUT2D eigenvalue weighted by atomic mass is 10.0. The molecule has 1 heterocycles. The first-order valence-electron chi connectivity index (χ1n) is 6.04. The summed E-state index contributed by atoms with van der Waals surface area (Å²) < 4.78 is 0. The van der Waals surface area contributed by atoms with Gasteiger partial charge in [0.15, 0.2) is 0 Å². The van der Waals surface area contributed by atoms with Crippen molar-refractivity contribution in [3.63, 3.8) is 0 Å². The molecule has 2 rings (SSSR count). The number of nitrogens with one attached hydrogen (secondary N) is 1. The fourth-order valence-corrected chi connectivity index (χ4v) is 2.17. The number of hydrogen-bond acceptors (Lipinski definition) is 3. The van der Waals surface area contributed by atoms with E-state index in [9.17, 15) is 0 Å². The van der Waals surface area contributed by atoms with E-state index < -0.39 is 0 Å². The molecule has 1 aromatic heterocycles. The van der Waals surface area contributed by atoms with E-state index in [1.807, 2.05) is 24.3 Å². The molecule has 0 aliphatic heterocycles.